The van der Waals surface area contributed by atoms with Crippen LogP contribution in [0.15, 0.2) is 97.3 Å². The standard InChI is InChI=1S/C38H46N4O4/c1-6-38(45,7-2)34(30-21-15-10-16-22-30)42-27-39-32(33(42)29-19-13-9-14-20-29)35(43)41-24-23-40(36(44)46-37(3,4)5)26-31(41)25-28-17-11-8-12-18-28/h8-22,27,31,34,45H,6-7,23-26H2,1-5H3/t31-,34+/m1/s1. The summed E-state index contributed by atoms with van der Waals surface area (Å²) in [7, 11) is 0. The Hall–Kier alpha value is -4.43. The Kier molecular flexibility index (Phi) is 9.97. The molecule has 2 heterocycles. The van der Waals surface area contributed by atoms with Crippen molar-refractivity contribution in [1.29, 1.82) is 0 Å². The fourth-order valence-corrected chi connectivity index (χ4v) is 6.41. The minimum atomic E-state index is -1.08. The molecule has 8 nitrogen and oxygen atoms in total. The molecule has 0 saturated carbocycles. The number of nitrogens with zero attached hydrogens (tertiary/aromatic N) is 4. The molecular formula is C38H46N4O4. The predicted octanol–water partition coefficient (Wildman–Crippen LogP) is 6.99. The Balaban J connectivity index is 1.58. The first kappa shape index (κ1) is 32.9. The van der Waals surface area contributed by atoms with Gasteiger partial charge in [0.05, 0.1) is 29.7 Å². The molecule has 1 fully saturated rings. The maximum atomic E-state index is 14.7. The van der Waals surface area contributed by atoms with Crippen LogP contribution in [0, 0.1) is 0 Å². The molecule has 1 aliphatic rings. The van der Waals surface area contributed by atoms with Gasteiger partial charge in [-0.25, -0.2) is 9.78 Å². The van der Waals surface area contributed by atoms with Gasteiger partial charge in [0.1, 0.15) is 5.60 Å². The van der Waals surface area contributed by atoms with E-state index in [1.165, 1.54) is 0 Å². The van der Waals surface area contributed by atoms with Crippen molar-refractivity contribution < 1.29 is 19.4 Å². The van der Waals surface area contributed by atoms with Crippen molar-refractivity contribution in [2.75, 3.05) is 19.6 Å². The molecule has 1 aromatic heterocycles. The molecule has 0 radical (unpaired) electrons. The number of hydrogen-bond acceptors (Lipinski definition) is 5. The molecule has 1 N–H and O–H groups in total. The van der Waals surface area contributed by atoms with Crippen LogP contribution in [0.3, 0.4) is 0 Å². The van der Waals surface area contributed by atoms with Gasteiger partial charge in [-0.15, -0.1) is 0 Å². The quantitative estimate of drug-likeness (QED) is 0.217. The highest BCUT2D eigenvalue weighted by Gasteiger charge is 2.40. The van der Waals surface area contributed by atoms with Crippen LogP contribution in [-0.2, 0) is 11.2 Å². The van der Waals surface area contributed by atoms with Crippen molar-refractivity contribution >= 4 is 12.0 Å². The van der Waals surface area contributed by atoms with E-state index in [1.54, 1.807) is 11.2 Å². The average Bonchev–Trinajstić information content (AvgIpc) is 3.49. The highest BCUT2D eigenvalue weighted by Crippen LogP contribution is 2.39. The van der Waals surface area contributed by atoms with E-state index in [0.29, 0.717) is 50.3 Å². The first-order valence-electron chi connectivity index (χ1n) is 16.3. The summed E-state index contributed by atoms with van der Waals surface area (Å²) in [6, 6.07) is 29.0. The van der Waals surface area contributed by atoms with Crippen LogP contribution in [0.4, 0.5) is 4.79 Å². The van der Waals surface area contributed by atoms with Crippen molar-refractivity contribution in [2.45, 2.75) is 77.2 Å². The number of aliphatic hydroxyl groups is 1. The van der Waals surface area contributed by atoms with Crippen LogP contribution in [0.5, 0.6) is 0 Å². The zero-order chi connectivity index (χ0) is 32.9. The molecule has 5 rings (SSSR count). The van der Waals surface area contributed by atoms with E-state index < -0.39 is 17.2 Å². The Morgan fingerprint density at radius 1 is 0.891 bits per heavy atom. The Morgan fingerprint density at radius 3 is 2.07 bits per heavy atom. The topological polar surface area (TPSA) is 87.9 Å². The zero-order valence-corrected chi connectivity index (χ0v) is 27.6. The predicted molar refractivity (Wildman–Crippen MR) is 181 cm³/mol. The SMILES string of the molecule is CCC(O)(CC)[C@H](c1ccccc1)n1cnc(C(=O)N2CCN(C(=O)OC(C)(C)C)C[C@H]2Cc2ccccc2)c1-c1ccccc1. The molecule has 2 atom stereocenters. The van der Waals surface area contributed by atoms with Crippen molar-refractivity contribution in [3.8, 4) is 11.3 Å². The van der Waals surface area contributed by atoms with E-state index in [2.05, 4.69) is 0 Å². The van der Waals surface area contributed by atoms with Gasteiger partial charge in [0.2, 0.25) is 0 Å². The molecule has 4 aromatic rings. The Morgan fingerprint density at radius 2 is 1.48 bits per heavy atom. The average molecular weight is 623 g/mol. The van der Waals surface area contributed by atoms with Gasteiger partial charge in [-0.05, 0) is 51.2 Å². The molecule has 1 saturated heterocycles. The van der Waals surface area contributed by atoms with Crippen LogP contribution in [0.2, 0.25) is 0 Å². The minimum Gasteiger partial charge on any atom is -0.444 e. The summed E-state index contributed by atoms with van der Waals surface area (Å²) in [4.78, 5) is 36.2. The van der Waals surface area contributed by atoms with Gasteiger partial charge in [0.15, 0.2) is 5.69 Å². The lowest BCUT2D eigenvalue weighted by atomic mass is 9.83. The lowest BCUT2D eigenvalue weighted by Gasteiger charge is -2.41. The third-order valence-corrected chi connectivity index (χ3v) is 8.88. The maximum Gasteiger partial charge on any atom is 0.410 e. The van der Waals surface area contributed by atoms with Gasteiger partial charge in [0, 0.05) is 25.2 Å². The van der Waals surface area contributed by atoms with Gasteiger partial charge in [-0.3, -0.25) is 4.79 Å². The second-order valence-electron chi connectivity index (χ2n) is 13.1. The third kappa shape index (κ3) is 7.18. The Labute approximate surface area is 272 Å². The molecule has 0 spiro atoms. The van der Waals surface area contributed by atoms with Crippen molar-refractivity contribution in [2.24, 2.45) is 0 Å². The summed E-state index contributed by atoms with van der Waals surface area (Å²) >= 11 is 0. The van der Waals surface area contributed by atoms with Gasteiger partial charge in [-0.2, -0.15) is 0 Å². The highest BCUT2D eigenvalue weighted by atomic mass is 16.6. The number of benzene rings is 3. The summed E-state index contributed by atoms with van der Waals surface area (Å²) in [5, 5.41) is 12.0. The third-order valence-electron chi connectivity index (χ3n) is 8.88. The monoisotopic (exact) mass is 622 g/mol. The van der Waals surface area contributed by atoms with Gasteiger partial charge in [-0.1, -0.05) is 105 Å². The molecule has 0 bridgehead atoms. The number of hydrogen-bond donors (Lipinski definition) is 1. The number of rotatable bonds is 9. The van der Waals surface area contributed by atoms with E-state index >= 15 is 0 Å². The smallest absolute Gasteiger partial charge is 0.410 e. The number of aromatic nitrogens is 2. The summed E-state index contributed by atoms with van der Waals surface area (Å²) in [5.41, 5.74) is 2.13. The van der Waals surface area contributed by atoms with Crippen LogP contribution in [-0.4, -0.2) is 73.3 Å². The largest absolute Gasteiger partial charge is 0.444 e. The van der Waals surface area contributed by atoms with Crippen molar-refractivity contribution in [1.82, 2.24) is 19.4 Å². The molecule has 2 amide bonds. The fraction of sp³-hybridized carbons (Fsp3) is 0.395. The number of piperazine rings is 1. The second-order valence-corrected chi connectivity index (χ2v) is 13.1. The number of amides is 2. The lowest BCUT2D eigenvalue weighted by Crippen LogP contribution is -2.58. The fourth-order valence-electron chi connectivity index (χ4n) is 6.41. The summed E-state index contributed by atoms with van der Waals surface area (Å²) in [5.74, 6) is -0.203. The molecular weight excluding hydrogens is 576 g/mol. The van der Waals surface area contributed by atoms with Gasteiger partial charge in [0.25, 0.3) is 5.91 Å². The highest BCUT2D eigenvalue weighted by molar-refractivity contribution is 5.98. The van der Waals surface area contributed by atoms with E-state index in [1.807, 2.05) is 135 Å². The van der Waals surface area contributed by atoms with E-state index in [-0.39, 0.29) is 18.0 Å². The molecule has 46 heavy (non-hydrogen) atoms. The zero-order valence-electron chi connectivity index (χ0n) is 27.6. The van der Waals surface area contributed by atoms with Gasteiger partial charge < -0.3 is 24.2 Å². The molecule has 8 heteroatoms. The van der Waals surface area contributed by atoms with Crippen LogP contribution >= 0.6 is 0 Å². The summed E-state index contributed by atoms with van der Waals surface area (Å²) < 4.78 is 7.68. The number of imidazole rings is 1. The van der Waals surface area contributed by atoms with E-state index in [4.69, 9.17) is 9.72 Å². The van der Waals surface area contributed by atoms with Crippen molar-refractivity contribution in [3.05, 3.63) is 114 Å². The lowest BCUT2D eigenvalue weighted by molar-refractivity contribution is -0.00508. The molecule has 0 aliphatic carbocycles. The minimum absolute atomic E-state index is 0.203. The van der Waals surface area contributed by atoms with Gasteiger partial charge >= 0.3 is 6.09 Å². The second kappa shape index (κ2) is 13.9. The van der Waals surface area contributed by atoms with Crippen LogP contribution in [0.1, 0.15) is 75.1 Å². The normalized spacial score (nSPS) is 16.3. The maximum absolute atomic E-state index is 14.7. The molecule has 1 aliphatic heterocycles. The molecule has 242 valence electrons. The summed E-state index contributed by atoms with van der Waals surface area (Å²) in [6.07, 6.45) is 2.93. The first-order chi connectivity index (χ1) is 22.0. The van der Waals surface area contributed by atoms with Crippen molar-refractivity contribution in [3.63, 3.8) is 0 Å². The van der Waals surface area contributed by atoms with Crippen LogP contribution < -0.4 is 0 Å². The number of carbonyl (C=O) groups excluding carboxylic acids is 2. The first-order valence-corrected chi connectivity index (χ1v) is 16.3. The van der Waals surface area contributed by atoms with E-state index in [0.717, 1.165) is 16.7 Å². The Bertz CT molecular complexity index is 1590. The molecule has 0 unspecified atom stereocenters. The number of carbonyl (C=O) groups is 2. The van der Waals surface area contributed by atoms with E-state index in [9.17, 15) is 14.7 Å². The summed E-state index contributed by atoms with van der Waals surface area (Å²) in [6.45, 7) is 10.6. The number of ether oxygens (including phenoxy) is 1. The molecule has 3 aromatic carbocycles. The van der Waals surface area contributed by atoms with Crippen LogP contribution in [0.25, 0.3) is 11.3 Å².